The molecule has 3 aromatic rings. The average molecular weight is 384 g/mol. The van der Waals surface area contributed by atoms with E-state index in [1.807, 2.05) is 0 Å². The van der Waals surface area contributed by atoms with E-state index in [2.05, 4.69) is 5.10 Å². The number of carbonyl (C=O) groups excluding carboxylic acids is 2. The third-order valence-corrected chi connectivity index (χ3v) is 4.16. The van der Waals surface area contributed by atoms with Gasteiger partial charge in [-0.1, -0.05) is 18.2 Å². The number of ether oxygens (including phenoxy) is 4. The summed E-state index contributed by atoms with van der Waals surface area (Å²) in [5.74, 6) is 0.0137. The number of carbonyl (C=O) groups is 2. The Morgan fingerprint density at radius 3 is 2.21 bits per heavy atom. The molecule has 0 bridgehead atoms. The molecule has 8 nitrogen and oxygen atoms in total. The Kier molecular flexibility index (Phi) is 5.49. The number of esters is 1. The average Bonchev–Trinajstić information content (AvgIpc) is 3.12. The summed E-state index contributed by atoms with van der Waals surface area (Å²) in [5, 5.41) is 4.75. The highest BCUT2D eigenvalue weighted by Gasteiger charge is 2.24. The molecule has 0 saturated heterocycles. The summed E-state index contributed by atoms with van der Waals surface area (Å²) in [4.78, 5) is 25.4. The second kappa shape index (κ2) is 7.99. The summed E-state index contributed by atoms with van der Waals surface area (Å²) < 4.78 is 22.1. The van der Waals surface area contributed by atoms with Crippen molar-refractivity contribution in [2.45, 2.75) is 6.92 Å². The van der Waals surface area contributed by atoms with Gasteiger partial charge in [-0.2, -0.15) is 9.78 Å². The maximum absolute atomic E-state index is 13.2. The molecule has 3 rings (SSSR count). The fourth-order valence-corrected chi connectivity index (χ4v) is 2.90. The van der Waals surface area contributed by atoms with Gasteiger partial charge in [0.15, 0.2) is 17.2 Å². The number of rotatable bonds is 6. The molecule has 0 atom stereocenters. The highest BCUT2D eigenvalue weighted by Crippen LogP contribution is 2.38. The second-order valence-electron chi connectivity index (χ2n) is 5.72. The van der Waals surface area contributed by atoms with Crippen LogP contribution in [0.1, 0.15) is 27.8 Å². The highest BCUT2D eigenvalue weighted by molar-refractivity contribution is 6.07. The first kappa shape index (κ1) is 19.2. The second-order valence-corrected chi connectivity index (χ2v) is 5.72. The number of para-hydroxylation sites is 1. The lowest BCUT2D eigenvalue weighted by Crippen LogP contribution is -2.15. The van der Waals surface area contributed by atoms with E-state index >= 15 is 0 Å². The summed E-state index contributed by atoms with van der Waals surface area (Å²) in [7, 11) is 4.41. The van der Waals surface area contributed by atoms with Crippen LogP contribution in [-0.2, 0) is 4.74 Å². The minimum absolute atomic E-state index is 0.0817. The predicted molar refractivity (Wildman–Crippen MR) is 102 cm³/mol. The molecule has 8 heteroatoms. The van der Waals surface area contributed by atoms with Crippen molar-refractivity contribution in [3.63, 3.8) is 0 Å². The Morgan fingerprint density at radius 1 is 1.00 bits per heavy atom. The quantitative estimate of drug-likeness (QED) is 0.604. The Labute approximate surface area is 161 Å². The SMILES string of the molecule is CCOC(=O)c1nn(C(=O)c2cc(OC)c(OC)c(OC)c2)c2ccccc12. The molecule has 0 saturated carbocycles. The Hall–Kier alpha value is -3.55. The van der Waals surface area contributed by atoms with Crippen LogP contribution in [0.2, 0.25) is 0 Å². The lowest BCUT2D eigenvalue weighted by atomic mass is 10.1. The van der Waals surface area contributed by atoms with Crippen LogP contribution in [0.4, 0.5) is 0 Å². The van der Waals surface area contributed by atoms with Crippen molar-refractivity contribution in [3.8, 4) is 17.2 Å². The van der Waals surface area contributed by atoms with Gasteiger partial charge in [-0.25, -0.2) is 4.79 Å². The van der Waals surface area contributed by atoms with E-state index in [4.69, 9.17) is 18.9 Å². The predicted octanol–water partition coefficient (Wildman–Crippen LogP) is 2.93. The van der Waals surface area contributed by atoms with E-state index in [0.717, 1.165) is 0 Å². The zero-order chi connectivity index (χ0) is 20.3. The van der Waals surface area contributed by atoms with E-state index in [9.17, 15) is 9.59 Å². The van der Waals surface area contributed by atoms with Crippen molar-refractivity contribution < 1.29 is 28.5 Å². The first-order chi connectivity index (χ1) is 13.5. The zero-order valence-electron chi connectivity index (χ0n) is 16.0. The summed E-state index contributed by atoms with van der Waals surface area (Å²) in [6.45, 7) is 1.92. The van der Waals surface area contributed by atoms with Crippen LogP contribution in [0.15, 0.2) is 36.4 Å². The van der Waals surface area contributed by atoms with Gasteiger partial charge in [-0.15, -0.1) is 0 Å². The van der Waals surface area contributed by atoms with Gasteiger partial charge in [0.2, 0.25) is 5.75 Å². The van der Waals surface area contributed by atoms with Crippen LogP contribution >= 0.6 is 0 Å². The monoisotopic (exact) mass is 384 g/mol. The lowest BCUT2D eigenvalue weighted by molar-refractivity contribution is 0.0521. The molecule has 0 amide bonds. The molecule has 1 aromatic heterocycles. The Balaban J connectivity index is 2.16. The number of aromatic nitrogens is 2. The Bertz CT molecular complexity index is 1020. The molecule has 28 heavy (non-hydrogen) atoms. The molecule has 0 fully saturated rings. The highest BCUT2D eigenvalue weighted by atomic mass is 16.5. The minimum Gasteiger partial charge on any atom is -0.493 e. The molecular weight excluding hydrogens is 364 g/mol. The maximum Gasteiger partial charge on any atom is 0.359 e. The Morgan fingerprint density at radius 2 is 1.64 bits per heavy atom. The maximum atomic E-state index is 13.2. The summed E-state index contributed by atoms with van der Waals surface area (Å²) >= 11 is 0. The van der Waals surface area contributed by atoms with Crippen LogP contribution in [-0.4, -0.2) is 49.6 Å². The molecule has 0 aliphatic carbocycles. The first-order valence-corrected chi connectivity index (χ1v) is 8.55. The van der Waals surface area contributed by atoms with Crippen molar-refractivity contribution in [2.24, 2.45) is 0 Å². The number of methoxy groups -OCH3 is 3. The van der Waals surface area contributed by atoms with Gasteiger partial charge >= 0.3 is 5.97 Å². The molecule has 0 aliphatic rings. The van der Waals surface area contributed by atoms with Gasteiger partial charge in [-0.05, 0) is 25.1 Å². The van der Waals surface area contributed by atoms with Crippen LogP contribution in [0, 0.1) is 0 Å². The molecule has 1 heterocycles. The van der Waals surface area contributed by atoms with Crippen molar-refractivity contribution >= 4 is 22.8 Å². The summed E-state index contributed by atoms with van der Waals surface area (Å²) in [6.07, 6.45) is 0. The van der Waals surface area contributed by atoms with E-state index in [1.54, 1.807) is 31.2 Å². The third-order valence-electron chi connectivity index (χ3n) is 4.16. The normalized spacial score (nSPS) is 10.6. The number of nitrogens with zero attached hydrogens (tertiary/aromatic N) is 2. The van der Waals surface area contributed by atoms with Crippen LogP contribution in [0.5, 0.6) is 17.2 Å². The fourth-order valence-electron chi connectivity index (χ4n) is 2.90. The fraction of sp³-hybridized carbons (Fsp3) is 0.250. The number of hydrogen-bond acceptors (Lipinski definition) is 7. The van der Waals surface area contributed by atoms with Gasteiger partial charge in [0.25, 0.3) is 5.91 Å². The van der Waals surface area contributed by atoms with Crippen molar-refractivity contribution in [1.29, 1.82) is 0 Å². The van der Waals surface area contributed by atoms with Crippen molar-refractivity contribution in [1.82, 2.24) is 9.78 Å². The van der Waals surface area contributed by atoms with Gasteiger partial charge in [0.05, 0.1) is 33.5 Å². The smallest absolute Gasteiger partial charge is 0.359 e. The molecule has 0 spiro atoms. The van der Waals surface area contributed by atoms with Gasteiger partial charge in [0.1, 0.15) is 0 Å². The van der Waals surface area contributed by atoms with Crippen LogP contribution in [0.3, 0.4) is 0 Å². The lowest BCUT2D eigenvalue weighted by Gasteiger charge is -2.13. The largest absolute Gasteiger partial charge is 0.493 e. The number of benzene rings is 2. The molecule has 0 unspecified atom stereocenters. The van der Waals surface area contributed by atoms with E-state index < -0.39 is 11.9 Å². The van der Waals surface area contributed by atoms with Gasteiger partial charge in [-0.3, -0.25) is 4.79 Å². The molecule has 0 aliphatic heterocycles. The summed E-state index contributed by atoms with van der Waals surface area (Å²) in [6, 6.07) is 10.0. The molecule has 2 aromatic carbocycles. The van der Waals surface area contributed by atoms with Crippen LogP contribution in [0.25, 0.3) is 10.9 Å². The van der Waals surface area contributed by atoms with Crippen molar-refractivity contribution in [3.05, 3.63) is 47.7 Å². The van der Waals surface area contributed by atoms with E-state index in [0.29, 0.717) is 28.2 Å². The minimum atomic E-state index is -0.588. The number of fused-ring (bicyclic) bond motifs is 1. The van der Waals surface area contributed by atoms with E-state index in [1.165, 1.54) is 38.1 Å². The number of hydrogen-bond donors (Lipinski definition) is 0. The van der Waals surface area contributed by atoms with Gasteiger partial charge < -0.3 is 18.9 Å². The third kappa shape index (κ3) is 3.24. The molecular formula is C20H20N2O6. The zero-order valence-corrected chi connectivity index (χ0v) is 16.0. The standard InChI is InChI=1S/C20H20N2O6/c1-5-28-20(24)17-13-8-6-7-9-14(13)22(21-17)19(23)12-10-15(25-2)18(27-4)16(11-12)26-3/h6-11H,5H2,1-4H3. The summed E-state index contributed by atoms with van der Waals surface area (Å²) in [5.41, 5.74) is 0.834. The molecule has 146 valence electrons. The van der Waals surface area contributed by atoms with Gasteiger partial charge in [0, 0.05) is 10.9 Å². The first-order valence-electron chi connectivity index (χ1n) is 8.55. The molecule has 0 N–H and O–H groups in total. The molecule has 0 radical (unpaired) electrons. The van der Waals surface area contributed by atoms with Crippen LogP contribution < -0.4 is 14.2 Å². The van der Waals surface area contributed by atoms with E-state index in [-0.39, 0.29) is 17.9 Å². The van der Waals surface area contributed by atoms with Crippen molar-refractivity contribution in [2.75, 3.05) is 27.9 Å². The topological polar surface area (TPSA) is 88.9 Å².